The Hall–Kier alpha value is -1.55. The number of ether oxygens (including phenoxy) is 1. The zero-order chi connectivity index (χ0) is 13.5. The summed E-state index contributed by atoms with van der Waals surface area (Å²) in [6.45, 7) is 0.812. The summed E-state index contributed by atoms with van der Waals surface area (Å²) in [7, 11) is 0. The van der Waals surface area contributed by atoms with Gasteiger partial charge in [0.1, 0.15) is 5.75 Å². The molecule has 0 bridgehead atoms. The average molecular weight is 263 g/mol. The van der Waals surface area contributed by atoms with Crippen LogP contribution in [-0.2, 0) is 17.6 Å². The molecule has 2 rings (SSSR count). The molecule has 1 aromatic carbocycles. The van der Waals surface area contributed by atoms with Gasteiger partial charge in [0, 0.05) is 13.2 Å². The number of aliphatic hydroxyl groups is 1. The number of aliphatic hydroxyl groups excluding tert-OH is 1. The smallest absolute Gasteiger partial charge is 0.257 e. The fourth-order valence-electron chi connectivity index (χ4n) is 2.30. The summed E-state index contributed by atoms with van der Waals surface area (Å²) in [6, 6.07) is 6.07. The highest BCUT2D eigenvalue weighted by molar-refractivity contribution is 5.77. The van der Waals surface area contributed by atoms with Crippen LogP contribution in [0.15, 0.2) is 18.2 Å². The molecule has 4 nitrogen and oxygen atoms in total. The van der Waals surface area contributed by atoms with E-state index in [0.717, 1.165) is 25.0 Å². The minimum absolute atomic E-state index is 0.0535. The molecule has 4 heteroatoms. The molecular weight excluding hydrogens is 242 g/mol. The van der Waals surface area contributed by atoms with Crippen LogP contribution in [0.25, 0.3) is 0 Å². The van der Waals surface area contributed by atoms with Gasteiger partial charge in [-0.05, 0) is 55.4 Å². The Morgan fingerprint density at radius 2 is 2.11 bits per heavy atom. The van der Waals surface area contributed by atoms with Crippen molar-refractivity contribution < 1.29 is 14.6 Å². The maximum Gasteiger partial charge on any atom is 0.257 e. The number of hydrogen-bond donors (Lipinski definition) is 2. The number of hydrogen-bond acceptors (Lipinski definition) is 3. The number of fused-ring (bicyclic) bond motifs is 1. The van der Waals surface area contributed by atoms with Gasteiger partial charge in [0.2, 0.25) is 0 Å². The van der Waals surface area contributed by atoms with E-state index in [1.165, 1.54) is 17.5 Å². The van der Waals surface area contributed by atoms with Gasteiger partial charge in [-0.1, -0.05) is 6.07 Å². The van der Waals surface area contributed by atoms with E-state index in [1.54, 1.807) is 0 Å². The van der Waals surface area contributed by atoms with Gasteiger partial charge in [-0.15, -0.1) is 0 Å². The molecule has 0 atom stereocenters. The van der Waals surface area contributed by atoms with E-state index in [2.05, 4.69) is 11.4 Å². The molecule has 1 aliphatic carbocycles. The lowest BCUT2D eigenvalue weighted by atomic mass is 10.1. The highest BCUT2D eigenvalue weighted by atomic mass is 16.5. The number of unbranched alkanes of at least 4 members (excludes halogenated alkanes) is 1. The van der Waals surface area contributed by atoms with Crippen LogP contribution in [0.2, 0.25) is 0 Å². The van der Waals surface area contributed by atoms with Crippen LogP contribution in [0.4, 0.5) is 0 Å². The summed E-state index contributed by atoms with van der Waals surface area (Å²) in [6.07, 6.45) is 4.98. The molecule has 2 N–H and O–H groups in total. The summed E-state index contributed by atoms with van der Waals surface area (Å²) in [5.74, 6) is 0.657. The Balaban J connectivity index is 1.71. The van der Waals surface area contributed by atoms with Crippen molar-refractivity contribution in [2.24, 2.45) is 0 Å². The maximum absolute atomic E-state index is 11.5. The van der Waals surface area contributed by atoms with Crippen molar-refractivity contribution in [2.45, 2.75) is 32.1 Å². The molecule has 0 unspecified atom stereocenters. The molecule has 1 amide bonds. The first-order chi connectivity index (χ1) is 9.29. The number of rotatable bonds is 7. The lowest BCUT2D eigenvalue weighted by Gasteiger charge is -2.08. The second-order valence-corrected chi connectivity index (χ2v) is 4.85. The number of aryl methyl sites for hydroxylation is 2. The number of benzene rings is 1. The monoisotopic (exact) mass is 263 g/mol. The van der Waals surface area contributed by atoms with E-state index in [0.29, 0.717) is 13.0 Å². The van der Waals surface area contributed by atoms with Crippen LogP contribution in [0.5, 0.6) is 5.75 Å². The van der Waals surface area contributed by atoms with Crippen molar-refractivity contribution >= 4 is 5.91 Å². The minimum atomic E-state index is -0.113. The van der Waals surface area contributed by atoms with E-state index in [9.17, 15) is 4.79 Å². The third kappa shape index (κ3) is 4.24. The summed E-state index contributed by atoms with van der Waals surface area (Å²) in [4.78, 5) is 11.5. The van der Waals surface area contributed by atoms with Crippen molar-refractivity contribution in [3.63, 3.8) is 0 Å². The number of nitrogens with one attached hydrogen (secondary N) is 1. The van der Waals surface area contributed by atoms with Gasteiger partial charge in [0.15, 0.2) is 6.61 Å². The maximum atomic E-state index is 11.5. The van der Waals surface area contributed by atoms with Gasteiger partial charge < -0.3 is 15.2 Å². The van der Waals surface area contributed by atoms with E-state index in [1.807, 2.05) is 12.1 Å². The standard InChI is InChI=1S/C15H21NO3/c17-9-2-1-8-16-15(18)11-19-14-7-6-12-4-3-5-13(12)10-14/h6-7,10,17H,1-5,8-9,11H2,(H,16,18). The first kappa shape index (κ1) is 13.9. The van der Waals surface area contributed by atoms with Crippen LogP contribution < -0.4 is 10.1 Å². The molecule has 1 aliphatic rings. The first-order valence-corrected chi connectivity index (χ1v) is 6.92. The molecule has 0 saturated heterocycles. The summed E-state index contributed by atoms with van der Waals surface area (Å²) < 4.78 is 5.49. The second kappa shape index (κ2) is 7.14. The van der Waals surface area contributed by atoms with Crippen LogP contribution in [0.1, 0.15) is 30.4 Å². The Morgan fingerprint density at radius 1 is 1.26 bits per heavy atom. The minimum Gasteiger partial charge on any atom is -0.484 e. The van der Waals surface area contributed by atoms with E-state index < -0.39 is 0 Å². The second-order valence-electron chi connectivity index (χ2n) is 4.85. The molecule has 0 aromatic heterocycles. The third-order valence-corrected chi connectivity index (χ3v) is 3.35. The number of carbonyl (C=O) groups excluding carboxylic acids is 1. The molecule has 0 radical (unpaired) electrons. The van der Waals surface area contributed by atoms with Gasteiger partial charge in [-0.25, -0.2) is 0 Å². The molecule has 0 aliphatic heterocycles. The summed E-state index contributed by atoms with van der Waals surface area (Å²) in [5, 5.41) is 11.4. The van der Waals surface area contributed by atoms with Gasteiger partial charge in [0.05, 0.1) is 0 Å². The molecule has 0 fully saturated rings. The highest BCUT2D eigenvalue weighted by Crippen LogP contribution is 2.25. The largest absolute Gasteiger partial charge is 0.484 e. The van der Waals surface area contributed by atoms with Gasteiger partial charge >= 0.3 is 0 Å². The lowest BCUT2D eigenvalue weighted by Crippen LogP contribution is -2.29. The molecular formula is C15H21NO3. The van der Waals surface area contributed by atoms with Crippen LogP contribution in [-0.4, -0.2) is 30.8 Å². The van der Waals surface area contributed by atoms with Crippen LogP contribution >= 0.6 is 0 Å². The van der Waals surface area contributed by atoms with Crippen LogP contribution in [0.3, 0.4) is 0 Å². The molecule has 0 heterocycles. The molecule has 19 heavy (non-hydrogen) atoms. The average Bonchev–Trinajstić information content (AvgIpc) is 2.89. The zero-order valence-corrected chi connectivity index (χ0v) is 11.2. The van der Waals surface area contributed by atoms with Crippen molar-refractivity contribution in [1.29, 1.82) is 0 Å². The fourth-order valence-corrected chi connectivity index (χ4v) is 2.30. The van der Waals surface area contributed by atoms with E-state index in [4.69, 9.17) is 9.84 Å². The SMILES string of the molecule is O=C(COc1ccc2c(c1)CCC2)NCCCCO. The Kier molecular flexibility index (Phi) is 5.21. The van der Waals surface area contributed by atoms with Gasteiger partial charge in [-0.2, -0.15) is 0 Å². The topological polar surface area (TPSA) is 58.6 Å². The fraction of sp³-hybridized carbons (Fsp3) is 0.533. The normalized spacial score (nSPS) is 13.1. The van der Waals surface area contributed by atoms with E-state index >= 15 is 0 Å². The van der Waals surface area contributed by atoms with Crippen LogP contribution in [0, 0.1) is 0 Å². The van der Waals surface area contributed by atoms with Crippen molar-refractivity contribution in [2.75, 3.05) is 19.8 Å². The molecule has 0 saturated carbocycles. The van der Waals surface area contributed by atoms with Crippen molar-refractivity contribution in [3.8, 4) is 5.75 Å². The summed E-state index contributed by atoms with van der Waals surface area (Å²) in [5.41, 5.74) is 2.75. The number of amides is 1. The van der Waals surface area contributed by atoms with E-state index in [-0.39, 0.29) is 19.1 Å². The third-order valence-electron chi connectivity index (χ3n) is 3.35. The molecule has 1 aromatic rings. The van der Waals surface area contributed by atoms with Crippen molar-refractivity contribution in [1.82, 2.24) is 5.32 Å². The Morgan fingerprint density at radius 3 is 2.95 bits per heavy atom. The quantitative estimate of drug-likeness (QED) is 0.732. The highest BCUT2D eigenvalue weighted by Gasteiger charge is 2.11. The Bertz CT molecular complexity index is 431. The predicted octanol–water partition coefficient (Wildman–Crippen LogP) is 1.44. The Labute approximate surface area is 113 Å². The predicted molar refractivity (Wildman–Crippen MR) is 73.3 cm³/mol. The van der Waals surface area contributed by atoms with Gasteiger partial charge in [0.25, 0.3) is 5.91 Å². The summed E-state index contributed by atoms with van der Waals surface area (Å²) >= 11 is 0. The zero-order valence-electron chi connectivity index (χ0n) is 11.2. The lowest BCUT2D eigenvalue weighted by molar-refractivity contribution is -0.123. The van der Waals surface area contributed by atoms with Gasteiger partial charge in [-0.3, -0.25) is 4.79 Å². The first-order valence-electron chi connectivity index (χ1n) is 6.92. The molecule has 0 spiro atoms. The number of carbonyl (C=O) groups is 1. The van der Waals surface area contributed by atoms with Crippen molar-refractivity contribution in [3.05, 3.63) is 29.3 Å². The molecule has 104 valence electrons.